The van der Waals surface area contributed by atoms with E-state index < -0.39 is 29.7 Å². The maximum atomic E-state index is 13.9. The third-order valence-electron chi connectivity index (χ3n) is 12.3. The summed E-state index contributed by atoms with van der Waals surface area (Å²) < 4.78 is 0. The average Bonchev–Trinajstić information content (AvgIpc) is 3.56. The second-order valence-electron chi connectivity index (χ2n) is 16.4. The van der Waals surface area contributed by atoms with Crippen LogP contribution in [0.1, 0.15) is 83.2 Å². The summed E-state index contributed by atoms with van der Waals surface area (Å²) in [6.45, 7) is 4.36. The van der Waals surface area contributed by atoms with E-state index in [-0.39, 0.29) is 60.1 Å². The third-order valence-corrected chi connectivity index (χ3v) is 12.3. The van der Waals surface area contributed by atoms with Gasteiger partial charge in [0.15, 0.2) is 0 Å². The molecule has 0 spiro atoms. The van der Waals surface area contributed by atoms with Crippen LogP contribution >= 0.6 is 0 Å². The molecule has 3 fully saturated rings. The zero-order valence-electron chi connectivity index (χ0n) is 34.9. The summed E-state index contributed by atoms with van der Waals surface area (Å²) >= 11 is 0. The Morgan fingerprint density at radius 3 is 2.30 bits per heavy atom. The van der Waals surface area contributed by atoms with Crippen molar-refractivity contribution >= 4 is 58.4 Å². The average molecular weight is 851 g/mol. The highest BCUT2D eigenvalue weighted by molar-refractivity contribution is 6.26. The van der Waals surface area contributed by atoms with Gasteiger partial charge in [-0.1, -0.05) is 36.4 Å². The fourth-order valence-electron chi connectivity index (χ4n) is 8.93. The Labute approximate surface area is 365 Å². The molecule has 4 heterocycles. The molecule has 1 saturated carbocycles. The van der Waals surface area contributed by atoms with E-state index in [2.05, 4.69) is 54.3 Å². The lowest BCUT2D eigenvalue weighted by atomic mass is 9.90. The quantitative estimate of drug-likeness (QED) is 0.132. The van der Waals surface area contributed by atoms with Crippen LogP contribution in [0.5, 0.6) is 0 Å². The van der Waals surface area contributed by atoms with Crippen LogP contribution in [0.15, 0.2) is 91.1 Å². The molecule has 4 aromatic rings. The van der Waals surface area contributed by atoms with Gasteiger partial charge in [0.2, 0.25) is 17.7 Å². The van der Waals surface area contributed by atoms with Crippen LogP contribution in [0.25, 0.3) is 0 Å². The van der Waals surface area contributed by atoms with E-state index in [1.807, 2.05) is 53.4 Å². The highest BCUT2D eigenvalue weighted by atomic mass is 16.2. The lowest BCUT2D eigenvalue weighted by molar-refractivity contribution is -0.136. The number of fused-ring (bicyclic) bond motifs is 1. The number of hydrogen-bond acceptors (Lipinski definition) is 11. The third kappa shape index (κ3) is 9.84. The Morgan fingerprint density at radius 2 is 1.60 bits per heavy atom. The number of urea groups is 1. The smallest absolute Gasteiger partial charge is 0.322 e. The van der Waals surface area contributed by atoms with Gasteiger partial charge in [0.1, 0.15) is 17.9 Å². The van der Waals surface area contributed by atoms with E-state index in [1.54, 1.807) is 24.4 Å². The summed E-state index contributed by atoms with van der Waals surface area (Å²) in [7, 11) is 0. The molecule has 1 unspecified atom stereocenters. The molecule has 3 aliphatic heterocycles. The van der Waals surface area contributed by atoms with Crippen molar-refractivity contribution < 1.29 is 28.8 Å². The molecule has 1 aromatic heterocycles. The molecule has 16 heteroatoms. The zero-order valence-corrected chi connectivity index (χ0v) is 34.9. The number of carbonyl (C=O) groups is 6. The Bertz CT molecular complexity index is 2390. The van der Waals surface area contributed by atoms with Crippen LogP contribution in [0, 0.1) is 11.3 Å². The molecule has 4 N–H and O–H groups in total. The van der Waals surface area contributed by atoms with Crippen LogP contribution < -0.4 is 31.1 Å². The first-order valence-corrected chi connectivity index (χ1v) is 21.6. The minimum Gasteiger partial charge on any atom is -0.369 e. The van der Waals surface area contributed by atoms with Gasteiger partial charge in [-0.25, -0.2) is 9.78 Å². The van der Waals surface area contributed by atoms with Crippen molar-refractivity contribution in [3.8, 4) is 6.07 Å². The number of anilines is 4. The predicted octanol–water partition coefficient (Wildman–Crippen LogP) is 5.03. The van der Waals surface area contributed by atoms with E-state index in [9.17, 15) is 28.8 Å². The number of aromatic nitrogens is 1. The molecule has 2 saturated heterocycles. The Kier molecular flexibility index (Phi) is 13.0. The standard InChI is InChI=1S/C47H50N10O6/c48-28-32-11-21-40(49-30-32)51-33-12-14-35(15-13-33)56(47(63)50-29-31-6-2-1-3-7-31)36-18-16-34(17-19-36)55-26-24-54(25-27-55)23-5-10-41(58)52-38-9-4-8-37-43(38)46(62)57(45(37)61)39-20-22-42(59)53-44(39)60/h1-4,6-9,11,16-19,21,30,33,35,39H,5,10,12-15,20,22-27,29H2,(H,49,51)(H,50,63)(H,52,58)(H,53,59,60). The first-order valence-electron chi connectivity index (χ1n) is 21.6. The van der Waals surface area contributed by atoms with Crippen molar-refractivity contribution in [3.05, 3.63) is 113 Å². The van der Waals surface area contributed by atoms with Gasteiger partial charge >= 0.3 is 6.03 Å². The van der Waals surface area contributed by atoms with Gasteiger partial charge in [0.05, 0.1) is 22.4 Å². The molecule has 16 nitrogen and oxygen atoms in total. The molecule has 4 aliphatic rings. The monoisotopic (exact) mass is 850 g/mol. The molecule has 1 atom stereocenters. The van der Waals surface area contributed by atoms with Crippen molar-refractivity contribution in [2.45, 2.75) is 76.0 Å². The first kappa shape index (κ1) is 42.6. The van der Waals surface area contributed by atoms with Crippen molar-refractivity contribution in [1.82, 2.24) is 25.4 Å². The number of carbonyl (C=O) groups excluding carboxylic acids is 6. The summed E-state index contributed by atoms with van der Waals surface area (Å²) in [4.78, 5) is 89.5. The number of nitriles is 1. The Morgan fingerprint density at radius 1 is 0.841 bits per heavy atom. The topological polar surface area (TPSA) is 200 Å². The SMILES string of the molecule is N#Cc1ccc(NC2CCC(N(C(=O)NCc3ccccc3)c3ccc(N4CCN(CCCC(=O)Nc5cccc6c5C(=O)N(C5CCC(=O)NC5=O)C6=O)CC4)cc3)CC2)nc1. The Hall–Kier alpha value is -7.12. The molecule has 63 heavy (non-hydrogen) atoms. The number of piperazine rings is 1. The Balaban J connectivity index is 0.823. The number of rotatable bonds is 13. The number of benzene rings is 3. The van der Waals surface area contributed by atoms with Gasteiger partial charge < -0.3 is 20.9 Å². The predicted molar refractivity (Wildman–Crippen MR) is 236 cm³/mol. The number of piperidine rings is 1. The second-order valence-corrected chi connectivity index (χ2v) is 16.4. The minimum absolute atomic E-state index is 0.0137. The van der Waals surface area contributed by atoms with Crippen molar-refractivity contribution in [2.24, 2.45) is 0 Å². The largest absolute Gasteiger partial charge is 0.369 e. The molecule has 0 bridgehead atoms. The lowest BCUT2D eigenvalue weighted by Crippen LogP contribution is -2.54. The van der Waals surface area contributed by atoms with Gasteiger partial charge in [-0.05, 0) is 99.2 Å². The number of imide groups is 2. The summed E-state index contributed by atoms with van der Waals surface area (Å²) in [5.74, 6) is -1.97. The maximum absolute atomic E-state index is 13.9. The van der Waals surface area contributed by atoms with E-state index in [0.29, 0.717) is 25.1 Å². The van der Waals surface area contributed by atoms with Crippen LogP contribution in [-0.2, 0) is 20.9 Å². The van der Waals surface area contributed by atoms with Crippen LogP contribution in [-0.4, -0.2) is 101 Å². The molecule has 7 amide bonds. The number of pyridine rings is 1. The van der Waals surface area contributed by atoms with E-state index in [1.165, 1.54) is 6.07 Å². The van der Waals surface area contributed by atoms with Crippen LogP contribution in [0.2, 0.25) is 0 Å². The minimum atomic E-state index is -1.09. The number of nitrogens with one attached hydrogen (secondary N) is 4. The van der Waals surface area contributed by atoms with Crippen molar-refractivity contribution in [1.29, 1.82) is 5.26 Å². The molecule has 0 radical (unpaired) electrons. The van der Waals surface area contributed by atoms with Crippen molar-refractivity contribution in [3.63, 3.8) is 0 Å². The van der Waals surface area contributed by atoms with Gasteiger partial charge in [-0.2, -0.15) is 5.26 Å². The van der Waals surface area contributed by atoms with E-state index in [4.69, 9.17) is 5.26 Å². The highest BCUT2D eigenvalue weighted by Crippen LogP contribution is 2.33. The summed E-state index contributed by atoms with van der Waals surface area (Å²) in [6.07, 6.45) is 5.82. The maximum Gasteiger partial charge on any atom is 0.322 e. The lowest BCUT2D eigenvalue weighted by Gasteiger charge is -2.38. The molecule has 8 rings (SSSR count). The number of hydrogen-bond donors (Lipinski definition) is 4. The van der Waals surface area contributed by atoms with Crippen molar-refractivity contribution in [2.75, 3.05) is 53.2 Å². The number of nitrogens with zero attached hydrogens (tertiary/aromatic N) is 6. The highest BCUT2D eigenvalue weighted by Gasteiger charge is 2.45. The molecule has 1 aliphatic carbocycles. The first-order chi connectivity index (χ1) is 30.6. The molecule has 324 valence electrons. The van der Waals surface area contributed by atoms with Crippen LogP contribution in [0.4, 0.5) is 27.7 Å². The fraction of sp³-hybridized carbons (Fsp3) is 0.362. The van der Waals surface area contributed by atoms with E-state index >= 15 is 0 Å². The van der Waals surface area contributed by atoms with Gasteiger partial charge in [0, 0.05) is 75.2 Å². The van der Waals surface area contributed by atoms with E-state index in [0.717, 1.165) is 79.5 Å². The molecule has 3 aromatic carbocycles. The molecular weight excluding hydrogens is 801 g/mol. The van der Waals surface area contributed by atoms with Crippen LogP contribution in [0.3, 0.4) is 0 Å². The van der Waals surface area contributed by atoms with Gasteiger partial charge in [-0.15, -0.1) is 0 Å². The number of amides is 7. The second kappa shape index (κ2) is 19.3. The fourth-order valence-corrected chi connectivity index (χ4v) is 8.93. The summed E-state index contributed by atoms with van der Waals surface area (Å²) in [6, 6.07) is 27.5. The summed E-state index contributed by atoms with van der Waals surface area (Å²) in [5, 5.41) is 20.8. The summed E-state index contributed by atoms with van der Waals surface area (Å²) in [5.41, 5.74) is 3.85. The normalized spacial score (nSPS) is 20.1. The van der Waals surface area contributed by atoms with Gasteiger partial charge in [-0.3, -0.25) is 44.0 Å². The van der Waals surface area contributed by atoms with Gasteiger partial charge in [0.25, 0.3) is 11.8 Å². The molecular formula is C47H50N10O6. The zero-order chi connectivity index (χ0) is 43.9.